The van der Waals surface area contributed by atoms with Crippen molar-refractivity contribution < 1.29 is 23.9 Å². The van der Waals surface area contributed by atoms with Crippen molar-refractivity contribution in [2.75, 3.05) is 0 Å². The second-order valence-corrected chi connectivity index (χ2v) is 7.59. The summed E-state index contributed by atoms with van der Waals surface area (Å²) in [5.41, 5.74) is 2.32. The second kappa shape index (κ2) is 11.6. The van der Waals surface area contributed by atoms with Gasteiger partial charge in [0.05, 0.1) is 0 Å². The number of ether oxygens (including phenoxy) is 2. The number of carbonyl (C=O) groups excluding carboxylic acids is 3. The summed E-state index contributed by atoms with van der Waals surface area (Å²) in [5, 5.41) is 0. The summed E-state index contributed by atoms with van der Waals surface area (Å²) in [7, 11) is 0. The molecule has 0 saturated carbocycles. The van der Waals surface area contributed by atoms with Crippen LogP contribution in [0.1, 0.15) is 36.0 Å². The number of carbonyl (C=O) groups is 3. The van der Waals surface area contributed by atoms with Crippen LogP contribution in [0.25, 0.3) is 0 Å². The molecule has 0 aliphatic heterocycles. The van der Waals surface area contributed by atoms with Crippen LogP contribution < -0.4 is 0 Å². The van der Waals surface area contributed by atoms with E-state index in [0.29, 0.717) is 5.56 Å². The fourth-order valence-corrected chi connectivity index (χ4v) is 3.50. The monoisotopic (exact) mass is 430 g/mol. The lowest BCUT2D eigenvalue weighted by Crippen LogP contribution is -2.34. The van der Waals surface area contributed by atoms with Crippen LogP contribution in [0.5, 0.6) is 0 Å². The first-order valence-electron chi connectivity index (χ1n) is 10.5. The molecule has 1 atom stereocenters. The molecule has 0 saturated heterocycles. The average molecular weight is 431 g/mol. The van der Waals surface area contributed by atoms with Crippen LogP contribution in [-0.4, -0.2) is 17.7 Å². The summed E-state index contributed by atoms with van der Waals surface area (Å²) in [5.74, 6) is -3.48. The zero-order valence-corrected chi connectivity index (χ0v) is 18.0. The highest BCUT2D eigenvalue weighted by molar-refractivity contribution is 5.97. The van der Waals surface area contributed by atoms with Crippen molar-refractivity contribution >= 4 is 17.7 Å². The zero-order chi connectivity index (χ0) is 22.8. The third-order valence-electron chi connectivity index (χ3n) is 5.09. The zero-order valence-electron chi connectivity index (χ0n) is 18.0. The number of esters is 2. The van der Waals surface area contributed by atoms with Gasteiger partial charge in [0.2, 0.25) is 0 Å². The maximum absolute atomic E-state index is 13.1. The van der Waals surface area contributed by atoms with Gasteiger partial charge >= 0.3 is 11.9 Å². The second-order valence-electron chi connectivity index (χ2n) is 7.59. The molecule has 0 fully saturated rings. The van der Waals surface area contributed by atoms with Crippen molar-refractivity contribution in [2.45, 2.75) is 32.5 Å². The molecule has 5 nitrogen and oxygen atoms in total. The Bertz CT molecular complexity index is 960. The molecule has 0 heterocycles. The Morgan fingerprint density at radius 1 is 0.656 bits per heavy atom. The molecule has 0 spiro atoms. The van der Waals surface area contributed by atoms with E-state index in [1.807, 2.05) is 78.9 Å². The first-order valence-corrected chi connectivity index (χ1v) is 10.5. The highest BCUT2D eigenvalue weighted by Crippen LogP contribution is 2.31. The smallest absolute Gasteiger partial charge is 0.321 e. The van der Waals surface area contributed by atoms with E-state index in [9.17, 15) is 14.4 Å². The van der Waals surface area contributed by atoms with Crippen molar-refractivity contribution in [3.63, 3.8) is 0 Å². The summed E-state index contributed by atoms with van der Waals surface area (Å²) in [4.78, 5) is 38.3. The molecule has 0 N–H and O–H groups in total. The summed E-state index contributed by atoms with van der Waals surface area (Å²) in [6.07, 6.45) is 0.0234. The summed E-state index contributed by atoms with van der Waals surface area (Å²) in [6.45, 7) is 1.51. The molecule has 0 amide bonds. The quantitative estimate of drug-likeness (QED) is 0.340. The van der Waals surface area contributed by atoms with Gasteiger partial charge in [0.1, 0.15) is 19.0 Å². The summed E-state index contributed by atoms with van der Waals surface area (Å²) >= 11 is 0. The Kier molecular flexibility index (Phi) is 8.32. The van der Waals surface area contributed by atoms with Gasteiger partial charge < -0.3 is 14.3 Å². The number of benzene rings is 3. The maximum Gasteiger partial charge on any atom is 0.321 e. The Labute approximate surface area is 188 Å². The molecule has 0 bridgehead atoms. The lowest BCUT2D eigenvalue weighted by atomic mass is 9.82. The third-order valence-corrected chi connectivity index (χ3v) is 5.09. The van der Waals surface area contributed by atoms with Crippen molar-refractivity contribution in [1.29, 1.82) is 0 Å². The minimum Gasteiger partial charge on any atom is -0.460 e. The maximum atomic E-state index is 13.1. The van der Waals surface area contributed by atoms with E-state index in [1.165, 1.54) is 6.92 Å². The van der Waals surface area contributed by atoms with E-state index in [2.05, 4.69) is 0 Å². The first-order chi connectivity index (χ1) is 15.5. The van der Waals surface area contributed by atoms with Gasteiger partial charge in [0.15, 0.2) is 5.92 Å². The molecular weight excluding hydrogens is 404 g/mol. The van der Waals surface area contributed by atoms with E-state index in [4.69, 9.17) is 9.47 Å². The van der Waals surface area contributed by atoms with Crippen LogP contribution in [0.4, 0.5) is 0 Å². The SMILES string of the molecule is CC(=O)CC(c1ccccc1)C(C(=O)OCc1ccccc1)C(=O)OCc1ccccc1. The minimum absolute atomic E-state index is 0.0234. The predicted octanol–water partition coefficient (Wildman–Crippen LogP) is 4.85. The fraction of sp³-hybridized carbons (Fsp3) is 0.222. The minimum atomic E-state index is -1.26. The van der Waals surface area contributed by atoms with E-state index >= 15 is 0 Å². The normalized spacial score (nSPS) is 11.6. The van der Waals surface area contributed by atoms with E-state index in [1.54, 1.807) is 12.1 Å². The summed E-state index contributed by atoms with van der Waals surface area (Å²) < 4.78 is 11.0. The Hall–Kier alpha value is -3.73. The van der Waals surface area contributed by atoms with Gasteiger partial charge in [-0.15, -0.1) is 0 Å². The van der Waals surface area contributed by atoms with Gasteiger partial charge in [-0.05, 0) is 23.6 Å². The topological polar surface area (TPSA) is 69.7 Å². The van der Waals surface area contributed by atoms with Crippen LogP contribution in [0.3, 0.4) is 0 Å². The molecule has 3 aromatic carbocycles. The molecule has 0 aliphatic rings. The first kappa shape index (κ1) is 22.9. The average Bonchev–Trinajstić information content (AvgIpc) is 2.82. The molecule has 3 rings (SSSR count). The number of rotatable bonds is 10. The summed E-state index contributed by atoms with van der Waals surface area (Å²) in [6, 6.07) is 27.5. The molecule has 32 heavy (non-hydrogen) atoms. The van der Waals surface area contributed by atoms with Crippen LogP contribution >= 0.6 is 0 Å². The number of hydrogen-bond donors (Lipinski definition) is 0. The standard InChI is InChI=1S/C27H26O5/c1-20(28)17-24(23-15-9-4-10-16-23)25(26(29)31-18-21-11-5-2-6-12-21)27(30)32-19-22-13-7-3-8-14-22/h2-16,24-25H,17-19H2,1H3. The van der Waals surface area contributed by atoms with Gasteiger partial charge in [-0.1, -0.05) is 91.0 Å². The van der Waals surface area contributed by atoms with Crippen molar-refractivity contribution in [1.82, 2.24) is 0 Å². The van der Waals surface area contributed by atoms with E-state index in [-0.39, 0.29) is 25.4 Å². The van der Waals surface area contributed by atoms with E-state index < -0.39 is 23.8 Å². The van der Waals surface area contributed by atoms with Gasteiger partial charge in [0.25, 0.3) is 0 Å². The van der Waals surface area contributed by atoms with E-state index in [0.717, 1.165) is 11.1 Å². The van der Waals surface area contributed by atoms with Gasteiger partial charge in [-0.2, -0.15) is 0 Å². The Morgan fingerprint density at radius 3 is 1.47 bits per heavy atom. The van der Waals surface area contributed by atoms with Crippen LogP contribution in [0, 0.1) is 5.92 Å². The van der Waals surface area contributed by atoms with Crippen molar-refractivity contribution in [3.8, 4) is 0 Å². The fourth-order valence-electron chi connectivity index (χ4n) is 3.50. The van der Waals surface area contributed by atoms with Gasteiger partial charge in [-0.25, -0.2) is 0 Å². The molecule has 0 radical (unpaired) electrons. The van der Waals surface area contributed by atoms with Gasteiger partial charge in [-0.3, -0.25) is 9.59 Å². The highest BCUT2D eigenvalue weighted by Gasteiger charge is 2.39. The number of hydrogen-bond acceptors (Lipinski definition) is 5. The van der Waals surface area contributed by atoms with Crippen LogP contribution in [-0.2, 0) is 37.1 Å². The van der Waals surface area contributed by atoms with Crippen LogP contribution in [0.2, 0.25) is 0 Å². The Morgan fingerprint density at radius 2 is 1.06 bits per heavy atom. The molecule has 0 aliphatic carbocycles. The van der Waals surface area contributed by atoms with Crippen molar-refractivity contribution in [2.24, 2.45) is 5.92 Å². The van der Waals surface area contributed by atoms with Crippen molar-refractivity contribution in [3.05, 3.63) is 108 Å². The molecule has 164 valence electrons. The molecule has 5 heteroatoms. The lowest BCUT2D eigenvalue weighted by molar-refractivity contribution is -0.165. The molecule has 0 aromatic heterocycles. The largest absolute Gasteiger partial charge is 0.460 e. The Balaban J connectivity index is 1.84. The third kappa shape index (κ3) is 6.64. The molecule has 3 aromatic rings. The molecule has 1 unspecified atom stereocenters. The van der Waals surface area contributed by atoms with Crippen LogP contribution in [0.15, 0.2) is 91.0 Å². The van der Waals surface area contributed by atoms with Gasteiger partial charge in [0, 0.05) is 12.3 Å². The number of Topliss-reactive ketones (excluding diaryl/α,β-unsaturated/α-hetero) is 1. The lowest BCUT2D eigenvalue weighted by Gasteiger charge is -2.24. The number of ketones is 1. The predicted molar refractivity (Wildman–Crippen MR) is 120 cm³/mol. The molecular formula is C27H26O5. The highest BCUT2D eigenvalue weighted by atomic mass is 16.6.